The fraction of sp³-hybridized carbons (Fsp3) is 0.600. The highest BCUT2D eigenvalue weighted by atomic mass is 16.2. The van der Waals surface area contributed by atoms with Gasteiger partial charge < -0.3 is 4.90 Å². The number of likely N-dealkylation sites (tertiary alicyclic amines) is 1. The van der Waals surface area contributed by atoms with Crippen LogP contribution in [0.5, 0.6) is 0 Å². The van der Waals surface area contributed by atoms with E-state index in [4.69, 9.17) is 0 Å². The molecule has 3 amide bonds. The molecule has 0 unspecified atom stereocenters. The number of amides is 3. The third-order valence-corrected chi connectivity index (χ3v) is 6.93. The quantitative estimate of drug-likeness (QED) is 0.576. The summed E-state index contributed by atoms with van der Waals surface area (Å²) in [4.78, 5) is 37.0. The maximum atomic E-state index is 13.7. The van der Waals surface area contributed by atoms with E-state index in [-0.39, 0.29) is 11.9 Å². The summed E-state index contributed by atoms with van der Waals surface area (Å²) in [7, 11) is 1.94. The molecule has 4 heterocycles. The molecule has 2 aliphatic rings. The highest BCUT2D eigenvalue weighted by Gasteiger charge is 2.57. The van der Waals surface area contributed by atoms with Crippen LogP contribution in [0.2, 0.25) is 0 Å². The Labute approximate surface area is 196 Å². The summed E-state index contributed by atoms with van der Waals surface area (Å²) in [5, 5.41) is 4.45. The normalized spacial score (nSPS) is 18.8. The maximum Gasteiger partial charge on any atom is 0.327 e. The van der Waals surface area contributed by atoms with E-state index in [9.17, 15) is 9.59 Å². The van der Waals surface area contributed by atoms with Crippen LogP contribution in [0.15, 0.2) is 30.7 Å². The average Bonchev–Trinajstić information content (AvgIpc) is 3.19. The van der Waals surface area contributed by atoms with Crippen LogP contribution in [0.3, 0.4) is 0 Å². The van der Waals surface area contributed by atoms with E-state index in [0.717, 1.165) is 43.7 Å². The second-order valence-electron chi connectivity index (χ2n) is 9.93. The zero-order valence-electron chi connectivity index (χ0n) is 20.3. The molecule has 2 aromatic heterocycles. The number of hydrogen-bond donors (Lipinski definition) is 0. The molecule has 0 atom stereocenters. The number of aromatic nitrogens is 3. The molecule has 2 aromatic rings. The zero-order chi connectivity index (χ0) is 23.6. The Balaban J connectivity index is 1.44. The number of urea groups is 1. The van der Waals surface area contributed by atoms with Crippen molar-refractivity contribution in [2.24, 2.45) is 13.0 Å². The molecule has 1 spiro atoms. The van der Waals surface area contributed by atoms with Crippen molar-refractivity contribution in [1.82, 2.24) is 29.5 Å². The van der Waals surface area contributed by atoms with Crippen molar-refractivity contribution in [3.8, 4) is 0 Å². The van der Waals surface area contributed by atoms with Crippen LogP contribution in [0.4, 0.5) is 4.79 Å². The van der Waals surface area contributed by atoms with E-state index in [1.54, 1.807) is 6.20 Å². The lowest BCUT2D eigenvalue weighted by Gasteiger charge is -2.42. The predicted molar refractivity (Wildman–Crippen MR) is 126 cm³/mol. The van der Waals surface area contributed by atoms with Crippen LogP contribution in [0, 0.1) is 12.8 Å². The fourth-order valence-corrected chi connectivity index (χ4v) is 5.19. The highest BCUT2D eigenvalue weighted by molar-refractivity contribution is 6.07. The lowest BCUT2D eigenvalue weighted by Crippen LogP contribution is -2.57. The number of imide groups is 1. The van der Waals surface area contributed by atoms with Gasteiger partial charge >= 0.3 is 6.03 Å². The van der Waals surface area contributed by atoms with E-state index < -0.39 is 5.54 Å². The standard InChI is InChI=1S/C25H36N6O2/c1-19(2)16-31-24(33)30(12-6-8-21-7-5-11-26-15-21)23(32)25(31)9-13-29(14-10-25)18-22-17-28(4)27-20(22)3/h5,7,11,15,17,19H,6,8-10,12-14,16,18H2,1-4H3. The van der Waals surface area contributed by atoms with Crippen molar-refractivity contribution in [3.05, 3.63) is 47.5 Å². The molecule has 8 heteroatoms. The predicted octanol–water partition coefficient (Wildman–Crippen LogP) is 3.01. The molecule has 2 saturated heterocycles. The number of carbonyl (C=O) groups is 2. The van der Waals surface area contributed by atoms with Crippen LogP contribution in [-0.4, -0.2) is 73.1 Å². The second-order valence-corrected chi connectivity index (χ2v) is 9.93. The average molecular weight is 453 g/mol. The molecule has 0 aliphatic carbocycles. The Bertz CT molecular complexity index is 978. The van der Waals surface area contributed by atoms with Gasteiger partial charge in [-0.2, -0.15) is 5.10 Å². The number of carbonyl (C=O) groups excluding carboxylic acids is 2. The first-order valence-electron chi connectivity index (χ1n) is 12.0. The summed E-state index contributed by atoms with van der Waals surface area (Å²) in [5.41, 5.74) is 2.70. The zero-order valence-corrected chi connectivity index (χ0v) is 20.3. The van der Waals surface area contributed by atoms with Gasteiger partial charge in [-0.3, -0.25) is 24.3 Å². The van der Waals surface area contributed by atoms with Crippen LogP contribution in [0.25, 0.3) is 0 Å². The Morgan fingerprint density at radius 2 is 1.94 bits per heavy atom. The lowest BCUT2D eigenvalue weighted by atomic mass is 9.85. The molecule has 0 N–H and O–H groups in total. The first-order chi connectivity index (χ1) is 15.8. The summed E-state index contributed by atoms with van der Waals surface area (Å²) in [6.07, 6.45) is 8.60. The summed E-state index contributed by atoms with van der Waals surface area (Å²) >= 11 is 0. The summed E-state index contributed by atoms with van der Waals surface area (Å²) in [6, 6.07) is 3.84. The molecular formula is C25H36N6O2. The van der Waals surface area contributed by atoms with E-state index in [1.807, 2.05) is 41.9 Å². The second kappa shape index (κ2) is 9.63. The van der Waals surface area contributed by atoms with Crippen LogP contribution >= 0.6 is 0 Å². The minimum atomic E-state index is -0.698. The maximum absolute atomic E-state index is 13.7. The van der Waals surface area contributed by atoms with Gasteiger partial charge in [0.05, 0.1) is 5.69 Å². The van der Waals surface area contributed by atoms with Crippen molar-refractivity contribution >= 4 is 11.9 Å². The number of piperidine rings is 1. The van der Waals surface area contributed by atoms with Crippen LogP contribution < -0.4 is 0 Å². The summed E-state index contributed by atoms with van der Waals surface area (Å²) in [5.74, 6) is 0.307. The van der Waals surface area contributed by atoms with Gasteiger partial charge in [0, 0.05) is 63.9 Å². The lowest BCUT2D eigenvalue weighted by molar-refractivity contribution is -0.135. The molecule has 0 bridgehead atoms. The van der Waals surface area contributed by atoms with E-state index in [0.29, 0.717) is 31.8 Å². The Hall–Kier alpha value is -2.74. The third-order valence-electron chi connectivity index (χ3n) is 6.93. The van der Waals surface area contributed by atoms with Crippen molar-refractivity contribution < 1.29 is 9.59 Å². The monoisotopic (exact) mass is 452 g/mol. The van der Waals surface area contributed by atoms with Gasteiger partial charge in [-0.25, -0.2) is 4.79 Å². The molecule has 8 nitrogen and oxygen atoms in total. The fourth-order valence-electron chi connectivity index (χ4n) is 5.19. The molecule has 0 saturated carbocycles. The Kier molecular flexibility index (Phi) is 6.83. The number of hydrogen-bond acceptors (Lipinski definition) is 5. The first-order valence-corrected chi connectivity index (χ1v) is 12.0. The number of nitrogens with zero attached hydrogens (tertiary/aromatic N) is 6. The van der Waals surface area contributed by atoms with Gasteiger partial charge in [0.2, 0.25) is 0 Å². The van der Waals surface area contributed by atoms with Crippen LogP contribution in [-0.2, 0) is 24.8 Å². The Morgan fingerprint density at radius 3 is 2.55 bits per heavy atom. The summed E-state index contributed by atoms with van der Waals surface area (Å²) in [6.45, 7) is 9.75. The molecule has 2 fully saturated rings. The van der Waals surface area contributed by atoms with Gasteiger partial charge in [-0.15, -0.1) is 0 Å². The minimum Gasteiger partial charge on any atom is -0.309 e. The molecular weight excluding hydrogens is 416 g/mol. The third kappa shape index (κ3) is 4.81. The van der Waals surface area contributed by atoms with E-state index in [2.05, 4.69) is 35.0 Å². The molecule has 178 valence electrons. The highest BCUT2D eigenvalue weighted by Crippen LogP contribution is 2.38. The van der Waals surface area contributed by atoms with E-state index >= 15 is 0 Å². The Morgan fingerprint density at radius 1 is 1.18 bits per heavy atom. The van der Waals surface area contributed by atoms with Gasteiger partial charge in [0.15, 0.2) is 0 Å². The smallest absolute Gasteiger partial charge is 0.309 e. The van der Waals surface area contributed by atoms with Gasteiger partial charge in [-0.05, 0) is 50.2 Å². The number of rotatable bonds is 8. The van der Waals surface area contributed by atoms with E-state index in [1.165, 1.54) is 10.5 Å². The molecule has 33 heavy (non-hydrogen) atoms. The first kappa shape index (κ1) is 23.4. The van der Waals surface area contributed by atoms with Crippen LogP contribution in [0.1, 0.15) is 49.9 Å². The van der Waals surface area contributed by atoms with Gasteiger partial charge in [0.25, 0.3) is 5.91 Å². The van der Waals surface area contributed by atoms with Crippen molar-refractivity contribution in [2.45, 2.75) is 58.5 Å². The molecule has 0 aromatic carbocycles. The molecule has 4 rings (SSSR count). The van der Waals surface area contributed by atoms with Gasteiger partial charge in [-0.1, -0.05) is 19.9 Å². The molecule has 2 aliphatic heterocycles. The number of aryl methyl sites for hydroxylation is 3. The van der Waals surface area contributed by atoms with Crippen molar-refractivity contribution in [1.29, 1.82) is 0 Å². The van der Waals surface area contributed by atoms with Gasteiger partial charge in [0.1, 0.15) is 5.54 Å². The molecule has 0 radical (unpaired) electrons. The SMILES string of the molecule is Cc1nn(C)cc1CN1CCC2(CC1)C(=O)N(CCCc1cccnc1)C(=O)N2CC(C)C. The van der Waals surface area contributed by atoms with Crippen molar-refractivity contribution in [2.75, 3.05) is 26.2 Å². The minimum absolute atomic E-state index is 0.00320. The number of pyridine rings is 1. The largest absolute Gasteiger partial charge is 0.327 e. The van der Waals surface area contributed by atoms with Crippen molar-refractivity contribution in [3.63, 3.8) is 0 Å². The topological polar surface area (TPSA) is 74.6 Å². The summed E-state index contributed by atoms with van der Waals surface area (Å²) < 4.78 is 1.85.